The Bertz CT molecular complexity index is 587. The van der Waals surface area contributed by atoms with Crippen LogP contribution >= 0.6 is 15.9 Å². The first kappa shape index (κ1) is 15.8. The van der Waals surface area contributed by atoms with Crippen LogP contribution in [0.2, 0.25) is 0 Å². The van der Waals surface area contributed by atoms with Crippen molar-refractivity contribution in [2.45, 2.75) is 39.3 Å². The second-order valence-electron chi connectivity index (χ2n) is 5.18. The van der Waals surface area contributed by atoms with Crippen LogP contribution in [-0.4, -0.2) is 11.1 Å². The summed E-state index contributed by atoms with van der Waals surface area (Å²) >= 11 is 3.53. The van der Waals surface area contributed by atoms with Crippen LogP contribution in [0.5, 0.6) is 5.88 Å². The lowest BCUT2D eigenvalue weighted by atomic mass is 10.0. The summed E-state index contributed by atoms with van der Waals surface area (Å²) in [4.78, 5) is 4.32. The molecule has 0 fully saturated rings. The Labute approximate surface area is 134 Å². The van der Waals surface area contributed by atoms with Gasteiger partial charge in [-0.05, 0) is 50.1 Å². The van der Waals surface area contributed by atoms with Crippen molar-refractivity contribution in [2.75, 3.05) is 5.32 Å². The van der Waals surface area contributed by atoms with E-state index < -0.39 is 0 Å². The van der Waals surface area contributed by atoms with E-state index in [2.05, 4.69) is 51.4 Å². The highest BCUT2D eigenvalue weighted by Gasteiger charge is 2.13. The van der Waals surface area contributed by atoms with Crippen LogP contribution < -0.4 is 10.1 Å². The number of aromatic nitrogens is 1. The van der Waals surface area contributed by atoms with E-state index in [1.54, 1.807) is 6.20 Å². The zero-order chi connectivity index (χ0) is 15.2. The van der Waals surface area contributed by atoms with Gasteiger partial charge in [0.1, 0.15) is 0 Å². The number of anilines is 1. The second kappa shape index (κ2) is 7.46. The van der Waals surface area contributed by atoms with E-state index in [4.69, 9.17) is 4.74 Å². The lowest BCUT2D eigenvalue weighted by Gasteiger charge is -2.21. The fourth-order valence-corrected chi connectivity index (χ4v) is 2.57. The van der Waals surface area contributed by atoms with Gasteiger partial charge in [0, 0.05) is 10.7 Å². The molecule has 1 atom stereocenters. The molecular weight excluding hydrogens is 328 g/mol. The third-order valence-electron chi connectivity index (χ3n) is 3.11. The molecule has 0 aliphatic heterocycles. The average molecular weight is 349 g/mol. The van der Waals surface area contributed by atoms with Crippen molar-refractivity contribution in [2.24, 2.45) is 0 Å². The molecular formula is C17H21BrN2O. The number of rotatable bonds is 6. The third kappa shape index (κ3) is 4.46. The fourth-order valence-electron chi connectivity index (χ4n) is 2.15. The maximum atomic E-state index is 5.77. The zero-order valence-corrected chi connectivity index (χ0v) is 14.2. The molecule has 3 nitrogen and oxygen atoms in total. The van der Waals surface area contributed by atoms with Gasteiger partial charge in [0.15, 0.2) is 0 Å². The summed E-state index contributed by atoms with van der Waals surface area (Å²) in [5.74, 6) is 0.654. The lowest BCUT2D eigenvalue weighted by Crippen LogP contribution is -2.13. The number of halogens is 1. The Kier molecular flexibility index (Phi) is 5.62. The third-order valence-corrected chi connectivity index (χ3v) is 3.60. The second-order valence-corrected chi connectivity index (χ2v) is 6.10. The molecule has 1 N–H and O–H groups in total. The van der Waals surface area contributed by atoms with Crippen LogP contribution in [0.25, 0.3) is 0 Å². The molecule has 1 unspecified atom stereocenters. The van der Waals surface area contributed by atoms with Crippen LogP contribution in [0.3, 0.4) is 0 Å². The van der Waals surface area contributed by atoms with Crippen LogP contribution in [0.15, 0.2) is 47.1 Å². The van der Waals surface area contributed by atoms with Gasteiger partial charge in [-0.1, -0.05) is 35.0 Å². The molecule has 1 heterocycles. The van der Waals surface area contributed by atoms with E-state index in [0.717, 1.165) is 16.6 Å². The van der Waals surface area contributed by atoms with E-state index in [1.807, 2.05) is 32.0 Å². The summed E-state index contributed by atoms with van der Waals surface area (Å²) in [6.07, 6.45) is 2.83. The maximum Gasteiger partial charge on any atom is 0.237 e. The topological polar surface area (TPSA) is 34.2 Å². The van der Waals surface area contributed by atoms with Crippen molar-refractivity contribution < 1.29 is 4.74 Å². The highest BCUT2D eigenvalue weighted by atomic mass is 79.9. The summed E-state index contributed by atoms with van der Waals surface area (Å²) < 4.78 is 6.86. The van der Waals surface area contributed by atoms with Crippen LogP contribution in [0, 0.1) is 0 Å². The van der Waals surface area contributed by atoms with E-state index in [9.17, 15) is 0 Å². The molecule has 0 bridgehead atoms. The van der Waals surface area contributed by atoms with Crippen molar-refractivity contribution in [1.82, 2.24) is 4.98 Å². The van der Waals surface area contributed by atoms with Gasteiger partial charge < -0.3 is 10.1 Å². The summed E-state index contributed by atoms with van der Waals surface area (Å²) in [6.45, 7) is 6.17. The molecule has 2 aromatic rings. The molecule has 4 heteroatoms. The monoisotopic (exact) mass is 348 g/mol. The van der Waals surface area contributed by atoms with Crippen molar-refractivity contribution >= 4 is 21.6 Å². The van der Waals surface area contributed by atoms with Crippen molar-refractivity contribution in [1.29, 1.82) is 0 Å². The summed E-state index contributed by atoms with van der Waals surface area (Å²) in [5.41, 5.74) is 2.17. The normalized spacial score (nSPS) is 12.2. The quantitative estimate of drug-likeness (QED) is 0.779. The summed E-state index contributed by atoms with van der Waals surface area (Å²) in [6, 6.07) is 12.5. The van der Waals surface area contributed by atoms with Gasteiger partial charge in [0.05, 0.1) is 17.8 Å². The van der Waals surface area contributed by atoms with Gasteiger partial charge in [-0.15, -0.1) is 0 Å². The standard InChI is InChI=1S/C17H21BrN2O/c1-4-15(13-7-5-8-14(18)11-13)20-16-9-6-10-19-17(16)21-12(2)3/h5-12,15,20H,4H2,1-3H3. The molecule has 21 heavy (non-hydrogen) atoms. The number of benzene rings is 1. The van der Waals surface area contributed by atoms with Gasteiger partial charge in [-0.2, -0.15) is 0 Å². The van der Waals surface area contributed by atoms with Crippen molar-refractivity contribution in [3.05, 3.63) is 52.6 Å². The Morgan fingerprint density at radius 3 is 2.71 bits per heavy atom. The van der Waals surface area contributed by atoms with Gasteiger partial charge in [-0.3, -0.25) is 0 Å². The van der Waals surface area contributed by atoms with Crippen molar-refractivity contribution in [3.63, 3.8) is 0 Å². The predicted octanol–water partition coefficient (Wildman–Crippen LogP) is 5.19. The molecule has 2 rings (SSSR count). The summed E-state index contributed by atoms with van der Waals surface area (Å²) in [5, 5.41) is 3.54. The predicted molar refractivity (Wildman–Crippen MR) is 90.8 cm³/mol. The van der Waals surface area contributed by atoms with Crippen LogP contribution in [0.4, 0.5) is 5.69 Å². The summed E-state index contributed by atoms with van der Waals surface area (Å²) in [7, 11) is 0. The first-order chi connectivity index (χ1) is 10.1. The number of ether oxygens (including phenoxy) is 1. The smallest absolute Gasteiger partial charge is 0.237 e. The van der Waals surface area contributed by atoms with Gasteiger partial charge >= 0.3 is 0 Å². The molecule has 0 spiro atoms. The molecule has 0 radical (unpaired) electrons. The molecule has 0 saturated heterocycles. The largest absolute Gasteiger partial charge is 0.473 e. The minimum absolute atomic E-state index is 0.103. The zero-order valence-electron chi connectivity index (χ0n) is 12.6. The highest BCUT2D eigenvalue weighted by Crippen LogP contribution is 2.29. The Hall–Kier alpha value is -1.55. The molecule has 112 valence electrons. The van der Waals surface area contributed by atoms with Gasteiger partial charge in [0.2, 0.25) is 5.88 Å². The lowest BCUT2D eigenvalue weighted by molar-refractivity contribution is 0.234. The van der Waals surface area contributed by atoms with E-state index in [-0.39, 0.29) is 12.1 Å². The Balaban J connectivity index is 2.23. The highest BCUT2D eigenvalue weighted by molar-refractivity contribution is 9.10. The number of hydrogen-bond acceptors (Lipinski definition) is 3. The van der Waals surface area contributed by atoms with Crippen molar-refractivity contribution in [3.8, 4) is 5.88 Å². The minimum Gasteiger partial charge on any atom is -0.473 e. The molecule has 0 aliphatic carbocycles. The Morgan fingerprint density at radius 2 is 2.05 bits per heavy atom. The van der Waals surface area contributed by atoms with Crippen LogP contribution in [-0.2, 0) is 0 Å². The molecule has 0 saturated carbocycles. The first-order valence-electron chi connectivity index (χ1n) is 7.23. The number of nitrogens with zero attached hydrogens (tertiary/aromatic N) is 1. The van der Waals surface area contributed by atoms with Crippen LogP contribution in [0.1, 0.15) is 38.8 Å². The molecule has 1 aromatic carbocycles. The molecule has 1 aromatic heterocycles. The number of hydrogen-bond donors (Lipinski definition) is 1. The number of nitrogens with one attached hydrogen (secondary N) is 1. The van der Waals surface area contributed by atoms with Gasteiger partial charge in [-0.25, -0.2) is 4.98 Å². The average Bonchev–Trinajstić information content (AvgIpc) is 2.45. The minimum atomic E-state index is 0.103. The fraction of sp³-hybridized carbons (Fsp3) is 0.353. The molecule has 0 aliphatic rings. The Morgan fingerprint density at radius 1 is 1.24 bits per heavy atom. The molecule has 0 amide bonds. The van der Waals surface area contributed by atoms with E-state index >= 15 is 0 Å². The van der Waals surface area contributed by atoms with Gasteiger partial charge in [0.25, 0.3) is 0 Å². The SMILES string of the molecule is CCC(Nc1cccnc1OC(C)C)c1cccc(Br)c1. The first-order valence-corrected chi connectivity index (χ1v) is 8.03. The maximum absolute atomic E-state index is 5.77. The van der Waals surface area contributed by atoms with E-state index in [0.29, 0.717) is 5.88 Å². The van der Waals surface area contributed by atoms with E-state index in [1.165, 1.54) is 5.56 Å². The number of pyridine rings is 1.